The molecular weight excluding hydrogens is 260 g/mol. The van der Waals surface area contributed by atoms with Crippen LogP contribution in [0.25, 0.3) is 0 Å². The van der Waals surface area contributed by atoms with Gasteiger partial charge in [-0.25, -0.2) is 5.48 Å². The third kappa shape index (κ3) is 5.72. The van der Waals surface area contributed by atoms with Gasteiger partial charge in [-0.1, -0.05) is 12.5 Å². The fourth-order valence-corrected chi connectivity index (χ4v) is 2.94. The van der Waals surface area contributed by atoms with E-state index in [-0.39, 0.29) is 5.91 Å². The molecule has 4 nitrogen and oxygen atoms in total. The van der Waals surface area contributed by atoms with Crippen molar-refractivity contribution in [2.45, 2.75) is 32.1 Å². The van der Waals surface area contributed by atoms with Crippen LogP contribution in [0.1, 0.15) is 30.6 Å². The largest absolute Gasteiger partial charge is 0.301 e. The number of amides is 1. The van der Waals surface area contributed by atoms with Gasteiger partial charge in [0.1, 0.15) is 0 Å². The fraction of sp³-hybridized carbons (Fsp3) is 0.643. The van der Waals surface area contributed by atoms with Crippen LogP contribution in [-0.4, -0.2) is 37.0 Å². The van der Waals surface area contributed by atoms with Gasteiger partial charge in [0.25, 0.3) is 0 Å². The van der Waals surface area contributed by atoms with Crippen molar-refractivity contribution in [2.75, 3.05) is 26.2 Å². The predicted octanol–water partition coefficient (Wildman–Crippen LogP) is 2.21. The van der Waals surface area contributed by atoms with E-state index in [1.54, 1.807) is 11.3 Å². The summed E-state index contributed by atoms with van der Waals surface area (Å²) in [7, 11) is 0. The lowest BCUT2D eigenvalue weighted by molar-refractivity contribution is -0.133. The first-order valence-electron chi connectivity index (χ1n) is 7.00. The van der Waals surface area contributed by atoms with Crippen molar-refractivity contribution in [3.63, 3.8) is 0 Å². The van der Waals surface area contributed by atoms with E-state index in [4.69, 9.17) is 4.84 Å². The number of hydrogen-bond acceptors (Lipinski definition) is 4. The van der Waals surface area contributed by atoms with Crippen molar-refractivity contribution >= 4 is 17.2 Å². The number of likely N-dealkylation sites (tertiary alicyclic amines) is 1. The first kappa shape index (κ1) is 14.5. The summed E-state index contributed by atoms with van der Waals surface area (Å²) in [5.74, 6) is -0.0351. The number of nitrogens with one attached hydrogen (secondary N) is 1. The lowest BCUT2D eigenvalue weighted by atomic mass is 10.1. The van der Waals surface area contributed by atoms with Gasteiger partial charge in [0.05, 0.1) is 6.61 Å². The SMILES string of the molecule is O=C(CCc1cccs1)NOCCN1CCCCC1. The molecule has 0 aliphatic carbocycles. The van der Waals surface area contributed by atoms with Gasteiger partial charge >= 0.3 is 0 Å². The summed E-state index contributed by atoms with van der Waals surface area (Å²) < 4.78 is 0. The zero-order chi connectivity index (χ0) is 13.3. The highest BCUT2D eigenvalue weighted by molar-refractivity contribution is 7.09. The first-order chi connectivity index (χ1) is 9.34. The van der Waals surface area contributed by atoms with Gasteiger partial charge in [0.15, 0.2) is 0 Å². The molecule has 2 heterocycles. The summed E-state index contributed by atoms with van der Waals surface area (Å²) in [5.41, 5.74) is 2.52. The smallest absolute Gasteiger partial charge is 0.243 e. The van der Waals surface area contributed by atoms with Gasteiger partial charge in [0.2, 0.25) is 5.91 Å². The average molecular weight is 282 g/mol. The molecule has 1 amide bonds. The van der Waals surface area contributed by atoms with Crippen LogP contribution in [0.15, 0.2) is 17.5 Å². The molecule has 1 fully saturated rings. The standard InChI is InChI=1S/C14H22N2O2S/c17-14(7-6-13-5-4-12-19-13)15-18-11-10-16-8-2-1-3-9-16/h4-5,12H,1-3,6-11H2,(H,15,17). The molecule has 0 aromatic carbocycles. The van der Waals surface area contributed by atoms with Gasteiger partial charge in [-0.2, -0.15) is 0 Å². The summed E-state index contributed by atoms with van der Waals surface area (Å²) >= 11 is 1.68. The maximum atomic E-state index is 11.5. The molecule has 1 N–H and O–H groups in total. The summed E-state index contributed by atoms with van der Waals surface area (Å²) in [6.45, 7) is 3.81. The molecule has 1 aromatic heterocycles. The zero-order valence-corrected chi connectivity index (χ0v) is 12.1. The molecule has 1 saturated heterocycles. The second-order valence-electron chi connectivity index (χ2n) is 4.86. The third-order valence-corrected chi connectivity index (χ3v) is 4.26. The van der Waals surface area contributed by atoms with Gasteiger partial charge in [-0.15, -0.1) is 11.3 Å². The Morgan fingerprint density at radius 2 is 2.21 bits per heavy atom. The molecule has 19 heavy (non-hydrogen) atoms. The summed E-state index contributed by atoms with van der Waals surface area (Å²) in [6.07, 6.45) is 5.19. The minimum absolute atomic E-state index is 0.0351. The Kier molecular flexibility index (Phi) is 6.33. The molecule has 2 rings (SSSR count). The van der Waals surface area contributed by atoms with Crippen LogP contribution in [0, 0.1) is 0 Å². The summed E-state index contributed by atoms with van der Waals surface area (Å²) in [4.78, 5) is 20.4. The number of carbonyl (C=O) groups excluding carboxylic acids is 1. The van der Waals surface area contributed by atoms with Crippen LogP contribution in [-0.2, 0) is 16.1 Å². The molecule has 5 heteroatoms. The van der Waals surface area contributed by atoms with Crippen molar-refractivity contribution < 1.29 is 9.63 Å². The Hall–Kier alpha value is -0.910. The highest BCUT2D eigenvalue weighted by Gasteiger charge is 2.09. The molecule has 0 atom stereocenters. The number of carbonyl (C=O) groups is 1. The Bertz CT molecular complexity index is 362. The van der Waals surface area contributed by atoms with Crippen LogP contribution >= 0.6 is 11.3 Å². The minimum Gasteiger partial charge on any atom is -0.301 e. The number of nitrogens with zero attached hydrogens (tertiary/aromatic N) is 1. The summed E-state index contributed by atoms with van der Waals surface area (Å²) in [6, 6.07) is 4.06. The molecule has 106 valence electrons. The molecule has 1 aliphatic rings. The molecule has 0 radical (unpaired) electrons. The average Bonchev–Trinajstić information content (AvgIpc) is 2.96. The third-order valence-electron chi connectivity index (χ3n) is 3.32. The monoisotopic (exact) mass is 282 g/mol. The number of aryl methyl sites for hydroxylation is 1. The molecule has 1 aliphatic heterocycles. The maximum absolute atomic E-state index is 11.5. The lowest BCUT2D eigenvalue weighted by Crippen LogP contribution is -2.35. The minimum atomic E-state index is -0.0351. The van der Waals surface area contributed by atoms with Crippen molar-refractivity contribution in [2.24, 2.45) is 0 Å². The van der Waals surface area contributed by atoms with E-state index < -0.39 is 0 Å². The van der Waals surface area contributed by atoms with Crippen molar-refractivity contribution in [1.82, 2.24) is 10.4 Å². The molecule has 1 aromatic rings. The summed E-state index contributed by atoms with van der Waals surface area (Å²) in [5, 5.41) is 2.03. The fourth-order valence-electron chi connectivity index (χ4n) is 2.23. The van der Waals surface area contributed by atoms with Crippen LogP contribution in [0.3, 0.4) is 0 Å². The van der Waals surface area contributed by atoms with Gasteiger partial charge in [0, 0.05) is 17.8 Å². The van der Waals surface area contributed by atoms with Gasteiger partial charge < -0.3 is 4.90 Å². The Morgan fingerprint density at radius 1 is 1.37 bits per heavy atom. The number of hydrogen-bond donors (Lipinski definition) is 1. The maximum Gasteiger partial charge on any atom is 0.243 e. The number of thiophene rings is 1. The van der Waals surface area contributed by atoms with Crippen LogP contribution in [0.2, 0.25) is 0 Å². The van der Waals surface area contributed by atoms with Crippen molar-refractivity contribution in [1.29, 1.82) is 0 Å². The van der Waals surface area contributed by atoms with Crippen LogP contribution in [0.5, 0.6) is 0 Å². The predicted molar refractivity (Wildman–Crippen MR) is 77.0 cm³/mol. The molecule has 0 unspecified atom stereocenters. The molecular formula is C14H22N2O2S. The van der Waals surface area contributed by atoms with Crippen molar-refractivity contribution in [3.05, 3.63) is 22.4 Å². The zero-order valence-electron chi connectivity index (χ0n) is 11.3. The van der Waals surface area contributed by atoms with E-state index in [2.05, 4.69) is 16.4 Å². The highest BCUT2D eigenvalue weighted by Crippen LogP contribution is 2.10. The Labute approximate surface area is 118 Å². The number of piperidine rings is 1. The van der Waals surface area contributed by atoms with Gasteiger partial charge in [-0.05, 0) is 43.8 Å². The first-order valence-corrected chi connectivity index (χ1v) is 7.88. The van der Waals surface area contributed by atoms with Gasteiger partial charge in [-0.3, -0.25) is 9.63 Å². The van der Waals surface area contributed by atoms with E-state index in [9.17, 15) is 4.79 Å². The molecule has 0 spiro atoms. The molecule has 0 saturated carbocycles. The second kappa shape index (κ2) is 8.30. The second-order valence-corrected chi connectivity index (χ2v) is 5.89. The van der Waals surface area contributed by atoms with E-state index in [1.165, 1.54) is 24.1 Å². The van der Waals surface area contributed by atoms with E-state index in [0.29, 0.717) is 13.0 Å². The van der Waals surface area contributed by atoms with Crippen LogP contribution < -0.4 is 5.48 Å². The number of rotatable bonds is 7. The lowest BCUT2D eigenvalue weighted by Gasteiger charge is -2.25. The topological polar surface area (TPSA) is 41.6 Å². The quantitative estimate of drug-likeness (QED) is 0.616. The highest BCUT2D eigenvalue weighted by atomic mass is 32.1. The Balaban J connectivity index is 1.49. The normalized spacial score (nSPS) is 16.4. The van der Waals surface area contributed by atoms with Crippen molar-refractivity contribution in [3.8, 4) is 0 Å². The van der Waals surface area contributed by atoms with E-state index in [0.717, 1.165) is 26.1 Å². The van der Waals surface area contributed by atoms with E-state index in [1.807, 2.05) is 11.4 Å². The molecule has 0 bridgehead atoms. The van der Waals surface area contributed by atoms with Crippen LogP contribution in [0.4, 0.5) is 0 Å². The Morgan fingerprint density at radius 3 is 2.95 bits per heavy atom. The number of hydroxylamine groups is 1. The van der Waals surface area contributed by atoms with E-state index >= 15 is 0 Å².